The van der Waals surface area contributed by atoms with Crippen LogP contribution in [0, 0.1) is 6.92 Å². The van der Waals surface area contributed by atoms with Crippen LogP contribution >= 0.6 is 11.3 Å². The predicted octanol–water partition coefficient (Wildman–Crippen LogP) is 1.66. The molecule has 0 saturated heterocycles. The number of thiazole rings is 1. The molecule has 0 radical (unpaired) electrons. The first kappa shape index (κ1) is 23.4. The third kappa shape index (κ3) is 7.54. The molecule has 0 spiro atoms. The van der Waals surface area contributed by atoms with Gasteiger partial charge in [-0.3, -0.25) is 0 Å². The van der Waals surface area contributed by atoms with Gasteiger partial charge in [-0.15, -0.1) is 0 Å². The third-order valence-electron chi connectivity index (χ3n) is 2.98. The van der Waals surface area contributed by atoms with Gasteiger partial charge >= 0.3 is 14.3 Å². The molecule has 0 aliphatic heterocycles. The van der Waals surface area contributed by atoms with Crippen molar-refractivity contribution in [3.8, 4) is 0 Å². The minimum absolute atomic E-state index is 0.846. The first-order valence-corrected chi connectivity index (χ1v) is 10.8. The minimum Gasteiger partial charge on any atom is -0.741 e. The fourth-order valence-corrected chi connectivity index (χ4v) is 4.12. The second-order valence-corrected chi connectivity index (χ2v) is 9.67. The summed E-state index contributed by atoms with van der Waals surface area (Å²) in [5.41, 5.74) is -2.22. The second kappa shape index (κ2) is 9.79. The van der Waals surface area contributed by atoms with Crippen molar-refractivity contribution < 1.29 is 44.0 Å². The molecule has 7 nitrogen and oxygen atoms in total. The zero-order valence-corrected chi connectivity index (χ0v) is 16.3. The molecule has 13 heteroatoms. The molecule has 0 unspecified atom stereocenters. The predicted molar refractivity (Wildman–Crippen MR) is 81.2 cm³/mol. The lowest BCUT2D eigenvalue weighted by molar-refractivity contribution is -0.698. The third-order valence-corrected chi connectivity index (χ3v) is 7.23. The zero-order valence-electron chi connectivity index (χ0n) is 13.6. The van der Waals surface area contributed by atoms with Crippen molar-refractivity contribution >= 4 is 30.3 Å². The number of aryl methyl sites for hydroxylation is 2. The smallest absolute Gasteiger partial charge is 0.500 e. The Morgan fingerprint density at radius 1 is 1.25 bits per heavy atom. The monoisotopic (exact) mass is 411 g/mol. The first-order valence-electron chi connectivity index (χ1n) is 6.52. The molecule has 1 heterocycles. The van der Waals surface area contributed by atoms with Gasteiger partial charge in [0.2, 0.25) is 5.51 Å². The molecule has 0 bridgehead atoms. The van der Waals surface area contributed by atoms with E-state index in [0.717, 1.165) is 19.0 Å². The molecule has 0 saturated carbocycles. The van der Waals surface area contributed by atoms with E-state index in [4.69, 9.17) is 26.2 Å². The van der Waals surface area contributed by atoms with Crippen molar-refractivity contribution in [2.45, 2.75) is 31.4 Å². The molecular formula is C11H20F3NO6S2Si. The van der Waals surface area contributed by atoms with Crippen LogP contribution in [-0.2, 0) is 29.9 Å². The van der Waals surface area contributed by atoms with Crippen LogP contribution in [0.3, 0.4) is 0 Å². The van der Waals surface area contributed by atoms with Crippen LogP contribution in [0.4, 0.5) is 13.2 Å². The van der Waals surface area contributed by atoms with Gasteiger partial charge in [0.1, 0.15) is 6.54 Å². The van der Waals surface area contributed by atoms with Crippen molar-refractivity contribution in [2.75, 3.05) is 21.3 Å². The Morgan fingerprint density at radius 3 is 2.00 bits per heavy atom. The summed E-state index contributed by atoms with van der Waals surface area (Å²) in [4.78, 5) is 0. The maximum absolute atomic E-state index is 10.7. The summed E-state index contributed by atoms with van der Waals surface area (Å²) in [7, 11) is -3.50. The van der Waals surface area contributed by atoms with Crippen molar-refractivity contribution in [3.63, 3.8) is 0 Å². The van der Waals surface area contributed by atoms with Gasteiger partial charge in [0, 0.05) is 40.7 Å². The second-order valence-electron chi connectivity index (χ2n) is 4.49. The molecule has 0 aliphatic rings. The van der Waals surface area contributed by atoms with Crippen LogP contribution in [0.5, 0.6) is 0 Å². The van der Waals surface area contributed by atoms with Gasteiger partial charge in [-0.1, -0.05) is 11.3 Å². The topological polar surface area (TPSA) is 88.8 Å². The highest BCUT2D eigenvalue weighted by molar-refractivity contribution is 7.86. The van der Waals surface area contributed by atoms with Crippen molar-refractivity contribution in [2.24, 2.45) is 0 Å². The molecule has 0 amide bonds. The molecule has 1 aromatic heterocycles. The molecule has 0 aliphatic carbocycles. The van der Waals surface area contributed by atoms with Crippen LogP contribution in [-0.4, -0.2) is 48.6 Å². The van der Waals surface area contributed by atoms with Crippen LogP contribution in [0.2, 0.25) is 6.04 Å². The van der Waals surface area contributed by atoms with E-state index in [0.29, 0.717) is 0 Å². The van der Waals surface area contributed by atoms with Crippen molar-refractivity contribution in [3.05, 3.63) is 16.6 Å². The lowest BCUT2D eigenvalue weighted by atomic mass is 10.4. The summed E-state index contributed by atoms with van der Waals surface area (Å²) in [5, 5.41) is 2.15. The number of alkyl halides is 3. The van der Waals surface area contributed by atoms with Gasteiger partial charge in [0.25, 0.3) is 0 Å². The zero-order chi connectivity index (χ0) is 19.0. The van der Waals surface area contributed by atoms with Crippen LogP contribution in [0.25, 0.3) is 0 Å². The Morgan fingerprint density at radius 2 is 1.71 bits per heavy atom. The SMILES string of the molecule is CO[Si](CCC[n+]1cscc1C)(OC)OC.O=S(=O)([O-])C(F)(F)F. The summed E-state index contributed by atoms with van der Waals surface area (Å²) >= 11 is 1.72. The number of hydrogen-bond acceptors (Lipinski definition) is 7. The van der Waals surface area contributed by atoms with Gasteiger partial charge in [-0.2, -0.15) is 17.7 Å². The summed E-state index contributed by atoms with van der Waals surface area (Å²) in [5.74, 6) is 0. The fraction of sp³-hybridized carbons (Fsp3) is 0.727. The average molecular weight is 411 g/mol. The molecule has 0 N–H and O–H groups in total. The molecule has 24 heavy (non-hydrogen) atoms. The molecule has 142 valence electrons. The van der Waals surface area contributed by atoms with Crippen LogP contribution < -0.4 is 4.57 Å². The maximum Gasteiger partial charge on any atom is 0.500 e. The van der Waals surface area contributed by atoms with E-state index in [2.05, 4.69) is 22.4 Å². The summed E-state index contributed by atoms with van der Waals surface area (Å²) in [6, 6.07) is 0.846. The Labute approximate surface area is 144 Å². The van der Waals surface area contributed by atoms with Gasteiger partial charge in [0.15, 0.2) is 15.8 Å². The number of nitrogens with zero attached hydrogens (tertiary/aromatic N) is 1. The normalized spacial score (nSPS) is 12.7. The lowest BCUT2D eigenvalue weighted by Crippen LogP contribution is -2.44. The van der Waals surface area contributed by atoms with E-state index >= 15 is 0 Å². The van der Waals surface area contributed by atoms with E-state index in [1.165, 1.54) is 5.69 Å². The highest BCUT2D eigenvalue weighted by Gasteiger charge is 2.37. The van der Waals surface area contributed by atoms with Gasteiger partial charge in [-0.05, 0) is 0 Å². The Kier molecular flexibility index (Phi) is 9.56. The largest absolute Gasteiger partial charge is 0.741 e. The maximum atomic E-state index is 10.7. The van der Waals surface area contributed by atoms with Crippen LogP contribution in [0.1, 0.15) is 12.1 Å². The summed E-state index contributed by atoms with van der Waals surface area (Å²) in [6.07, 6.45) is 1.00. The first-order chi connectivity index (χ1) is 10.9. The number of aromatic nitrogens is 1. The highest BCUT2D eigenvalue weighted by Crippen LogP contribution is 2.20. The average Bonchev–Trinajstić information content (AvgIpc) is 2.88. The Hall–Kier alpha value is -0.573. The summed E-state index contributed by atoms with van der Waals surface area (Å²) < 4.78 is 77.3. The Bertz CT molecular complexity index is 581. The van der Waals surface area contributed by atoms with E-state index in [9.17, 15) is 13.2 Å². The van der Waals surface area contributed by atoms with Crippen molar-refractivity contribution in [1.82, 2.24) is 0 Å². The van der Waals surface area contributed by atoms with E-state index < -0.39 is 24.4 Å². The molecule has 0 fully saturated rings. The lowest BCUT2D eigenvalue weighted by Gasteiger charge is -2.23. The molecule has 0 atom stereocenters. The number of hydrogen-bond donors (Lipinski definition) is 0. The van der Waals surface area contributed by atoms with Gasteiger partial charge < -0.3 is 17.8 Å². The molecule has 1 aromatic rings. The number of rotatable bonds is 7. The molecular weight excluding hydrogens is 391 g/mol. The minimum atomic E-state index is -6.09. The van der Waals surface area contributed by atoms with Crippen molar-refractivity contribution in [1.29, 1.82) is 0 Å². The molecule has 1 rings (SSSR count). The van der Waals surface area contributed by atoms with E-state index in [1.54, 1.807) is 32.7 Å². The summed E-state index contributed by atoms with van der Waals surface area (Å²) in [6.45, 7) is 3.10. The van der Waals surface area contributed by atoms with E-state index in [1.807, 2.05) is 0 Å². The van der Waals surface area contributed by atoms with Crippen LogP contribution in [0.15, 0.2) is 10.9 Å². The Balaban J connectivity index is 0.000000561. The highest BCUT2D eigenvalue weighted by atomic mass is 32.2. The quantitative estimate of drug-likeness (QED) is 0.293. The van der Waals surface area contributed by atoms with Gasteiger partial charge in [0.05, 0.1) is 5.38 Å². The number of halogens is 3. The fourth-order valence-electron chi connectivity index (χ4n) is 1.60. The molecule has 0 aromatic carbocycles. The van der Waals surface area contributed by atoms with E-state index in [-0.39, 0.29) is 0 Å². The van der Waals surface area contributed by atoms with Gasteiger partial charge in [-0.25, -0.2) is 8.42 Å². The standard InChI is InChI=1S/C10H20NO3SSi.CHF3O3S/c1-10-8-15-9-11(10)6-5-7-16(12-2,13-3)14-4;2-1(3,4)8(5,6)7/h8-9H,5-7H2,1-4H3;(H,5,6,7)/q+1;/p-1.